The van der Waals surface area contributed by atoms with Gasteiger partial charge in [-0.25, -0.2) is 14.6 Å². The second kappa shape index (κ2) is 6.15. The Labute approximate surface area is 136 Å². The Balaban J connectivity index is 1.81. The molecule has 0 unspecified atom stereocenters. The Hall–Kier alpha value is -3.16. The van der Waals surface area contributed by atoms with Crippen LogP contribution in [0.15, 0.2) is 46.2 Å². The number of hydrogen-bond donors (Lipinski definition) is 0. The first-order chi connectivity index (χ1) is 11.5. The average Bonchev–Trinajstić information content (AvgIpc) is 3.03. The molecule has 0 fully saturated rings. The quantitative estimate of drug-likeness (QED) is 0.642. The number of imidazole rings is 1. The molecule has 0 N–H and O–H groups in total. The van der Waals surface area contributed by atoms with Crippen molar-refractivity contribution in [2.75, 3.05) is 6.61 Å². The zero-order chi connectivity index (χ0) is 17.3. The van der Waals surface area contributed by atoms with Crippen molar-refractivity contribution < 1.29 is 9.53 Å². The predicted molar refractivity (Wildman–Crippen MR) is 86.9 cm³/mol. The highest BCUT2D eigenvalue weighted by molar-refractivity contribution is 5.89. The SMILES string of the molecule is Cn1c(=O)c2c(ncn2CCOC(=O)c2ccccc2)n(C)c1=O. The van der Waals surface area contributed by atoms with E-state index in [2.05, 4.69) is 4.98 Å². The van der Waals surface area contributed by atoms with Gasteiger partial charge in [0.25, 0.3) is 5.56 Å². The number of rotatable bonds is 4. The second-order valence-electron chi connectivity index (χ2n) is 5.32. The number of carbonyl (C=O) groups excluding carboxylic acids is 1. The van der Waals surface area contributed by atoms with Gasteiger partial charge in [0.15, 0.2) is 11.2 Å². The largest absolute Gasteiger partial charge is 0.460 e. The van der Waals surface area contributed by atoms with Gasteiger partial charge >= 0.3 is 11.7 Å². The molecule has 0 radical (unpaired) electrons. The minimum absolute atomic E-state index is 0.0885. The van der Waals surface area contributed by atoms with E-state index in [9.17, 15) is 14.4 Å². The zero-order valence-electron chi connectivity index (χ0n) is 13.3. The summed E-state index contributed by atoms with van der Waals surface area (Å²) in [4.78, 5) is 40.2. The van der Waals surface area contributed by atoms with Crippen LogP contribution in [0.4, 0.5) is 0 Å². The van der Waals surface area contributed by atoms with E-state index in [1.54, 1.807) is 35.9 Å². The summed E-state index contributed by atoms with van der Waals surface area (Å²) in [5, 5.41) is 0. The van der Waals surface area contributed by atoms with Crippen LogP contribution in [0.3, 0.4) is 0 Å². The maximum Gasteiger partial charge on any atom is 0.338 e. The molecule has 3 aromatic rings. The van der Waals surface area contributed by atoms with Crippen molar-refractivity contribution in [2.24, 2.45) is 14.1 Å². The van der Waals surface area contributed by atoms with Crippen molar-refractivity contribution in [3.63, 3.8) is 0 Å². The lowest BCUT2D eigenvalue weighted by Gasteiger charge is -2.07. The molecule has 0 spiro atoms. The van der Waals surface area contributed by atoms with E-state index in [0.717, 1.165) is 4.57 Å². The van der Waals surface area contributed by atoms with E-state index in [1.807, 2.05) is 6.07 Å². The normalized spacial score (nSPS) is 10.9. The Morgan fingerprint density at radius 1 is 1.12 bits per heavy atom. The third kappa shape index (κ3) is 2.62. The molecule has 0 aliphatic heterocycles. The molecule has 24 heavy (non-hydrogen) atoms. The molecule has 2 aromatic heterocycles. The molecule has 0 aliphatic carbocycles. The Morgan fingerprint density at radius 2 is 1.83 bits per heavy atom. The van der Waals surface area contributed by atoms with Crippen LogP contribution in [0.2, 0.25) is 0 Å². The van der Waals surface area contributed by atoms with E-state index in [0.29, 0.717) is 16.7 Å². The molecule has 124 valence electrons. The Morgan fingerprint density at radius 3 is 2.54 bits per heavy atom. The lowest BCUT2D eigenvalue weighted by atomic mass is 10.2. The van der Waals surface area contributed by atoms with Crippen molar-refractivity contribution in [2.45, 2.75) is 6.54 Å². The molecule has 8 nitrogen and oxygen atoms in total. The Bertz CT molecular complexity index is 1010. The monoisotopic (exact) mass is 328 g/mol. The number of ether oxygens (including phenoxy) is 1. The molecule has 0 bridgehead atoms. The first-order valence-corrected chi connectivity index (χ1v) is 7.33. The molecule has 0 atom stereocenters. The van der Waals surface area contributed by atoms with E-state index in [1.165, 1.54) is 17.9 Å². The average molecular weight is 328 g/mol. The van der Waals surface area contributed by atoms with Gasteiger partial charge in [-0.3, -0.25) is 13.9 Å². The number of fused-ring (bicyclic) bond motifs is 1. The number of nitrogens with zero attached hydrogens (tertiary/aromatic N) is 4. The molecule has 0 aliphatic rings. The summed E-state index contributed by atoms with van der Waals surface area (Å²) in [6, 6.07) is 8.66. The third-order valence-electron chi connectivity index (χ3n) is 3.79. The topological polar surface area (TPSA) is 88.1 Å². The van der Waals surface area contributed by atoms with Gasteiger partial charge in [0.2, 0.25) is 0 Å². The van der Waals surface area contributed by atoms with Gasteiger partial charge in [-0.15, -0.1) is 0 Å². The standard InChI is InChI=1S/C16H16N4O4/c1-18-13-12(14(21)19(2)16(18)23)20(10-17-13)8-9-24-15(22)11-6-4-3-5-7-11/h3-7,10H,8-9H2,1-2H3. The molecular weight excluding hydrogens is 312 g/mol. The highest BCUT2D eigenvalue weighted by Gasteiger charge is 2.14. The van der Waals surface area contributed by atoms with Crippen LogP contribution in [-0.4, -0.2) is 31.3 Å². The fourth-order valence-corrected chi connectivity index (χ4v) is 2.46. The molecule has 0 amide bonds. The molecule has 0 saturated carbocycles. The van der Waals surface area contributed by atoms with Crippen molar-refractivity contribution in [1.29, 1.82) is 0 Å². The lowest BCUT2D eigenvalue weighted by molar-refractivity contribution is 0.0492. The first-order valence-electron chi connectivity index (χ1n) is 7.33. The van der Waals surface area contributed by atoms with Crippen molar-refractivity contribution >= 4 is 17.1 Å². The Kier molecular flexibility index (Phi) is 4.03. The van der Waals surface area contributed by atoms with Crippen LogP contribution < -0.4 is 11.2 Å². The van der Waals surface area contributed by atoms with Gasteiger partial charge in [-0.2, -0.15) is 0 Å². The molecule has 8 heteroatoms. The van der Waals surface area contributed by atoms with Gasteiger partial charge in [-0.05, 0) is 12.1 Å². The molecule has 0 saturated heterocycles. The number of benzene rings is 1. The molecule has 2 heterocycles. The van der Waals surface area contributed by atoms with Crippen LogP contribution in [0, 0.1) is 0 Å². The van der Waals surface area contributed by atoms with E-state index in [4.69, 9.17) is 4.74 Å². The van der Waals surface area contributed by atoms with Crippen LogP contribution in [0.25, 0.3) is 11.2 Å². The van der Waals surface area contributed by atoms with Gasteiger partial charge < -0.3 is 9.30 Å². The minimum Gasteiger partial charge on any atom is -0.460 e. The molecule has 3 rings (SSSR count). The maximum absolute atomic E-state index is 12.3. The van der Waals surface area contributed by atoms with E-state index in [-0.39, 0.29) is 13.2 Å². The lowest BCUT2D eigenvalue weighted by Crippen LogP contribution is -2.37. The van der Waals surface area contributed by atoms with Crippen LogP contribution in [0.1, 0.15) is 10.4 Å². The maximum atomic E-state index is 12.3. The van der Waals surface area contributed by atoms with Crippen molar-refractivity contribution in [1.82, 2.24) is 18.7 Å². The second-order valence-corrected chi connectivity index (χ2v) is 5.32. The summed E-state index contributed by atoms with van der Waals surface area (Å²) in [7, 11) is 2.97. The van der Waals surface area contributed by atoms with Crippen LogP contribution in [0.5, 0.6) is 0 Å². The summed E-state index contributed by atoms with van der Waals surface area (Å²) < 4.78 is 9.12. The number of aryl methyl sites for hydroxylation is 1. The first kappa shape index (κ1) is 15.7. The van der Waals surface area contributed by atoms with Crippen LogP contribution in [-0.2, 0) is 25.4 Å². The summed E-state index contributed by atoms with van der Waals surface area (Å²) in [5.41, 5.74) is 0.201. The predicted octanol–water partition coefficient (Wildman–Crippen LogP) is 0.291. The van der Waals surface area contributed by atoms with Gasteiger partial charge in [-0.1, -0.05) is 18.2 Å². The highest BCUT2D eigenvalue weighted by atomic mass is 16.5. The summed E-state index contributed by atoms with van der Waals surface area (Å²) >= 11 is 0. The smallest absolute Gasteiger partial charge is 0.338 e. The fourth-order valence-electron chi connectivity index (χ4n) is 2.46. The number of hydrogen-bond acceptors (Lipinski definition) is 5. The third-order valence-corrected chi connectivity index (χ3v) is 3.79. The number of esters is 1. The minimum atomic E-state index is -0.437. The number of aromatic nitrogens is 4. The zero-order valence-corrected chi connectivity index (χ0v) is 13.3. The van der Waals surface area contributed by atoms with Gasteiger partial charge in [0, 0.05) is 14.1 Å². The summed E-state index contributed by atoms with van der Waals surface area (Å²) in [5.74, 6) is -0.430. The molecule has 1 aromatic carbocycles. The van der Waals surface area contributed by atoms with E-state index >= 15 is 0 Å². The van der Waals surface area contributed by atoms with E-state index < -0.39 is 17.2 Å². The summed E-state index contributed by atoms with van der Waals surface area (Å²) in [6.07, 6.45) is 1.46. The highest BCUT2D eigenvalue weighted by Crippen LogP contribution is 2.06. The fraction of sp³-hybridized carbons (Fsp3) is 0.250. The molecular formula is C16H16N4O4. The summed E-state index contributed by atoms with van der Waals surface area (Å²) in [6.45, 7) is 0.355. The van der Waals surface area contributed by atoms with Gasteiger partial charge in [0.05, 0.1) is 18.4 Å². The van der Waals surface area contributed by atoms with Crippen molar-refractivity contribution in [3.05, 3.63) is 63.1 Å². The van der Waals surface area contributed by atoms with Gasteiger partial charge in [0.1, 0.15) is 6.61 Å². The van der Waals surface area contributed by atoms with Crippen molar-refractivity contribution in [3.8, 4) is 0 Å². The number of carbonyl (C=O) groups is 1. The van der Waals surface area contributed by atoms with Crippen LogP contribution >= 0.6 is 0 Å².